The quantitative estimate of drug-likeness (QED) is 0.540. The third kappa shape index (κ3) is 5.53. The first kappa shape index (κ1) is 22.6. The molecule has 0 aromatic heterocycles. The van der Waals surface area contributed by atoms with E-state index in [-0.39, 0.29) is 21.5 Å². The van der Waals surface area contributed by atoms with E-state index in [0.29, 0.717) is 12.1 Å². The Balaban J connectivity index is 1.65. The second-order valence-corrected chi connectivity index (χ2v) is 8.84. The van der Waals surface area contributed by atoms with Gasteiger partial charge in [0.25, 0.3) is 15.9 Å². The summed E-state index contributed by atoms with van der Waals surface area (Å²) in [7, 11) is -2.37. The fraction of sp³-hybridized carbons (Fsp3) is 0.136. The first-order chi connectivity index (χ1) is 14.7. The lowest BCUT2D eigenvalue weighted by Gasteiger charge is -2.11. The van der Waals surface area contributed by atoms with Gasteiger partial charge in [0.15, 0.2) is 0 Å². The molecule has 0 bridgehead atoms. The summed E-state index contributed by atoms with van der Waals surface area (Å²) < 4.78 is 45.8. The minimum atomic E-state index is -3.96. The average Bonchev–Trinajstić information content (AvgIpc) is 2.75. The van der Waals surface area contributed by atoms with Gasteiger partial charge in [-0.05, 0) is 66.6 Å². The van der Waals surface area contributed by atoms with Gasteiger partial charge < -0.3 is 10.1 Å². The number of hydrogen-bond donors (Lipinski definition) is 2. The highest BCUT2D eigenvalue weighted by atomic mass is 35.5. The number of aryl methyl sites for hydroxylation is 1. The summed E-state index contributed by atoms with van der Waals surface area (Å²) in [5.41, 5.74) is 2.50. The number of sulfonamides is 1. The van der Waals surface area contributed by atoms with Gasteiger partial charge >= 0.3 is 0 Å². The molecule has 3 aromatic rings. The highest BCUT2D eigenvalue weighted by molar-refractivity contribution is 7.92. The minimum absolute atomic E-state index is 0.172. The lowest BCUT2D eigenvalue weighted by molar-refractivity contribution is 0.0951. The summed E-state index contributed by atoms with van der Waals surface area (Å²) in [6.07, 6.45) is 0. The van der Waals surface area contributed by atoms with Crippen molar-refractivity contribution >= 4 is 33.2 Å². The minimum Gasteiger partial charge on any atom is -0.496 e. The van der Waals surface area contributed by atoms with Gasteiger partial charge in [0.2, 0.25) is 0 Å². The molecule has 0 radical (unpaired) electrons. The molecule has 0 saturated carbocycles. The van der Waals surface area contributed by atoms with Gasteiger partial charge in [-0.2, -0.15) is 0 Å². The van der Waals surface area contributed by atoms with Gasteiger partial charge in [0, 0.05) is 17.8 Å². The molecular formula is C22H20ClFN2O4S. The molecule has 0 unspecified atom stereocenters. The average molecular weight is 463 g/mol. The third-order valence-corrected chi connectivity index (χ3v) is 6.19. The number of rotatable bonds is 7. The molecule has 3 aromatic carbocycles. The number of methoxy groups -OCH3 is 1. The van der Waals surface area contributed by atoms with Crippen molar-refractivity contribution in [2.45, 2.75) is 18.4 Å². The number of anilines is 1. The lowest BCUT2D eigenvalue weighted by Crippen LogP contribution is -2.22. The Kier molecular flexibility index (Phi) is 6.82. The van der Waals surface area contributed by atoms with Crippen LogP contribution < -0.4 is 14.8 Å². The van der Waals surface area contributed by atoms with Gasteiger partial charge in [0.05, 0.1) is 17.0 Å². The molecule has 0 heterocycles. The van der Waals surface area contributed by atoms with Crippen LogP contribution >= 0.6 is 11.6 Å². The molecule has 0 saturated heterocycles. The summed E-state index contributed by atoms with van der Waals surface area (Å²) in [4.78, 5) is 12.2. The van der Waals surface area contributed by atoms with E-state index in [4.69, 9.17) is 16.3 Å². The summed E-state index contributed by atoms with van der Waals surface area (Å²) in [6, 6.07) is 14.7. The molecule has 2 N–H and O–H groups in total. The molecule has 0 aliphatic carbocycles. The van der Waals surface area contributed by atoms with Crippen LogP contribution in [0.4, 0.5) is 10.1 Å². The largest absolute Gasteiger partial charge is 0.496 e. The Bertz CT molecular complexity index is 1210. The van der Waals surface area contributed by atoms with Crippen LogP contribution in [0.15, 0.2) is 65.6 Å². The van der Waals surface area contributed by atoms with Crippen molar-refractivity contribution in [3.05, 3.63) is 88.2 Å². The third-order valence-electron chi connectivity index (χ3n) is 4.53. The van der Waals surface area contributed by atoms with Crippen LogP contribution in [-0.2, 0) is 16.6 Å². The Morgan fingerprint density at radius 3 is 2.42 bits per heavy atom. The summed E-state index contributed by atoms with van der Waals surface area (Å²) in [5, 5.41) is 2.52. The first-order valence-electron chi connectivity index (χ1n) is 9.19. The fourth-order valence-electron chi connectivity index (χ4n) is 2.81. The number of amides is 1. The maximum atomic E-state index is 13.3. The highest BCUT2D eigenvalue weighted by Crippen LogP contribution is 2.22. The number of carbonyl (C=O) groups is 1. The van der Waals surface area contributed by atoms with Crippen LogP contribution in [-0.4, -0.2) is 21.4 Å². The van der Waals surface area contributed by atoms with E-state index >= 15 is 0 Å². The molecule has 0 aliphatic heterocycles. The normalized spacial score (nSPS) is 11.1. The zero-order valence-corrected chi connectivity index (χ0v) is 18.4. The first-order valence-corrected chi connectivity index (χ1v) is 11.1. The molecule has 6 nitrogen and oxygen atoms in total. The molecular weight excluding hydrogens is 443 g/mol. The second kappa shape index (κ2) is 9.36. The lowest BCUT2D eigenvalue weighted by atomic mass is 10.1. The molecule has 0 spiro atoms. The summed E-state index contributed by atoms with van der Waals surface area (Å²) in [5.74, 6) is -0.273. The predicted molar refractivity (Wildman–Crippen MR) is 118 cm³/mol. The van der Waals surface area contributed by atoms with E-state index in [2.05, 4.69) is 10.0 Å². The topological polar surface area (TPSA) is 84.5 Å². The van der Waals surface area contributed by atoms with Crippen LogP contribution in [0.25, 0.3) is 0 Å². The van der Waals surface area contributed by atoms with Gasteiger partial charge in [-0.1, -0.05) is 23.7 Å². The number of nitrogens with one attached hydrogen (secondary N) is 2. The van der Waals surface area contributed by atoms with E-state index in [9.17, 15) is 17.6 Å². The number of ether oxygens (including phenoxy) is 1. The van der Waals surface area contributed by atoms with Crippen LogP contribution in [0.1, 0.15) is 21.5 Å². The molecule has 9 heteroatoms. The molecule has 31 heavy (non-hydrogen) atoms. The second-order valence-electron chi connectivity index (χ2n) is 6.75. The summed E-state index contributed by atoms with van der Waals surface area (Å²) >= 11 is 5.66. The number of benzene rings is 3. The van der Waals surface area contributed by atoms with Crippen molar-refractivity contribution < 1.29 is 22.3 Å². The Morgan fingerprint density at radius 1 is 1.06 bits per heavy atom. The van der Waals surface area contributed by atoms with Crippen LogP contribution in [0.5, 0.6) is 5.75 Å². The van der Waals surface area contributed by atoms with E-state index in [1.54, 1.807) is 7.11 Å². The number of carbonyl (C=O) groups excluding carboxylic acids is 1. The van der Waals surface area contributed by atoms with Gasteiger partial charge in [-0.15, -0.1) is 0 Å². The maximum Gasteiger partial charge on any atom is 0.261 e. The Morgan fingerprint density at radius 2 is 1.77 bits per heavy atom. The van der Waals surface area contributed by atoms with Crippen molar-refractivity contribution in [1.82, 2.24) is 5.32 Å². The van der Waals surface area contributed by atoms with Crippen molar-refractivity contribution in [3.8, 4) is 5.75 Å². The number of halogens is 2. The standard InChI is InChI=1S/C22H20ClFN2O4S/c1-14-3-4-15(11-21(14)30-2)13-25-22(27)16-5-7-17(8-6-16)26-31(28,29)18-9-10-20(24)19(23)12-18/h3-12,26H,13H2,1-2H3,(H,25,27). The highest BCUT2D eigenvalue weighted by Gasteiger charge is 2.16. The molecule has 0 atom stereocenters. The van der Waals surface area contributed by atoms with E-state index in [1.165, 1.54) is 24.3 Å². The van der Waals surface area contributed by atoms with E-state index < -0.39 is 15.8 Å². The van der Waals surface area contributed by atoms with Crippen LogP contribution in [0, 0.1) is 12.7 Å². The number of hydrogen-bond acceptors (Lipinski definition) is 4. The van der Waals surface area contributed by atoms with E-state index in [0.717, 1.165) is 35.1 Å². The molecule has 1 amide bonds. The monoisotopic (exact) mass is 462 g/mol. The van der Waals surface area contributed by atoms with Gasteiger partial charge in [0.1, 0.15) is 11.6 Å². The van der Waals surface area contributed by atoms with Crippen LogP contribution in [0.3, 0.4) is 0 Å². The van der Waals surface area contributed by atoms with Crippen LogP contribution in [0.2, 0.25) is 5.02 Å². The smallest absolute Gasteiger partial charge is 0.261 e. The Hall–Kier alpha value is -3.10. The van der Waals surface area contributed by atoms with Gasteiger partial charge in [-0.25, -0.2) is 12.8 Å². The zero-order chi connectivity index (χ0) is 22.6. The van der Waals surface area contributed by atoms with E-state index in [1.807, 2.05) is 25.1 Å². The van der Waals surface area contributed by atoms with Crippen molar-refractivity contribution in [2.75, 3.05) is 11.8 Å². The molecule has 0 aliphatic rings. The van der Waals surface area contributed by atoms with Crippen molar-refractivity contribution in [1.29, 1.82) is 0 Å². The molecule has 162 valence electrons. The van der Waals surface area contributed by atoms with Crippen molar-refractivity contribution in [3.63, 3.8) is 0 Å². The Labute approximate surface area is 185 Å². The molecule has 0 fully saturated rings. The van der Waals surface area contributed by atoms with Crippen molar-refractivity contribution in [2.24, 2.45) is 0 Å². The fourth-order valence-corrected chi connectivity index (χ4v) is 4.14. The SMILES string of the molecule is COc1cc(CNC(=O)c2ccc(NS(=O)(=O)c3ccc(F)c(Cl)c3)cc2)ccc1C. The van der Waals surface area contributed by atoms with Gasteiger partial charge in [-0.3, -0.25) is 9.52 Å². The maximum absolute atomic E-state index is 13.3. The molecule has 3 rings (SSSR count). The summed E-state index contributed by atoms with van der Waals surface area (Å²) in [6.45, 7) is 2.25. The predicted octanol–water partition coefficient (Wildman–Crippen LogP) is 4.53. The zero-order valence-electron chi connectivity index (χ0n) is 16.8.